The maximum Gasteiger partial charge on any atom is 0.263 e. The van der Waals surface area contributed by atoms with Gasteiger partial charge in [0.1, 0.15) is 5.84 Å². The largest absolute Gasteiger partial charge is 0.325 e. The standard InChI is InChI=1S/C28H26N4O2S/c1-4-22(26(33)31-23-17(2)11-10-12-18(23)3)35-28-29-21-16-9-8-15-20(21)25-30-24(27(34)32(25)28)19-13-6-5-7-14-19/h5-16,22,24H,4H2,1-3H3,(H,31,33)/t22-,24-/m1/s1. The Balaban J connectivity index is 1.47. The summed E-state index contributed by atoms with van der Waals surface area (Å²) in [4.78, 5) is 38.1. The molecule has 0 aromatic heterocycles. The van der Waals surface area contributed by atoms with Crippen LogP contribution >= 0.6 is 11.8 Å². The van der Waals surface area contributed by atoms with E-state index >= 15 is 0 Å². The molecule has 0 radical (unpaired) electrons. The minimum absolute atomic E-state index is 0.110. The van der Waals surface area contributed by atoms with Gasteiger partial charge in [-0.25, -0.2) is 14.9 Å². The zero-order chi connectivity index (χ0) is 24.5. The van der Waals surface area contributed by atoms with Crippen LogP contribution in [0.4, 0.5) is 11.4 Å². The van der Waals surface area contributed by atoms with E-state index in [-0.39, 0.29) is 11.8 Å². The molecule has 0 saturated heterocycles. The molecule has 5 rings (SSSR count). The molecule has 0 saturated carbocycles. The first-order valence-corrected chi connectivity index (χ1v) is 12.5. The van der Waals surface area contributed by atoms with Crippen molar-refractivity contribution in [2.24, 2.45) is 9.98 Å². The summed E-state index contributed by atoms with van der Waals surface area (Å²) in [7, 11) is 0. The highest BCUT2D eigenvalue weighted by molar-refractivity contribution is 8.15. The number of nitrogens with zero attached hydrogens (tertiary/aromatic N) is 3. The van der Waals surface area contributed by atoms with Gasteiger partial charge in [0.05, 0.1) is 10.9 Å². The van der Waals surface area contributed by atoms with Crippen molar-refractivity contribution in [2.75, 3.05) is 5.32 Å². The maximum atomic E-state index is 13.6. The van der Waals surface area contributed by atoms with Crippen molar-refractivity contribution < 1.29 is 9.59 Å². The molecular weight excluding hydrogens is 456 g/mol. The molecule has 7 heteroatoms. The summed E-state index contributed by atoms with van der Waals surface area (Å²) in [6, 6.07) is 22.5. The lowest BCUT2D eigenvalue weighted by Crippen LogP contribution is -2.41. The quantitative estimate of drug-likeness (QED) is 0.501. The van der Waals surface area contributed by atoms with Gasteiger partial charge in [-0.05, 0) is 49.1 Å². The molecule has 3 aromatic carbocycles. The van der Waals surface area contributed by atoms with Gasteiger partial charge in [0.25, 0.3) is 5.91 Å². The Kier molecular flexibility index (Phi) is 6.26. The van der Waals surface area contributed by atoms with Crippen molar-refractivity contribution in [3.8, 4) is 0 Å². The average molecular weight is 483 g/mol. The third-order valence-corrected chi connectivity index (χ3v) is 7.54. The van der Waals surface area contributed by atoms with Crippen molar-refractivity contribution >= 4 is 46.0 Å². The Bertz CT molecular complexity index is 1350. The molecule has 0 bridgehead atoms. The average Bonchev–Trinajstić information content (AvgIpc) is 3.23. The van der Waals surface area contributed by atoms with Gasteiger partial charge >= 0.3 is 0 Å². The number of hydrogen-bond acceptors (Lipinski definition) is 5. The van der Waals surface area contributed by atoms with Crippen LogP contribution in [0, 0.1) is 13.8 Å². The maximum absolute atomic E-state index is 13.6. The Morgan fingerprint density at radius 2 is 1.69 bits per heavy atom. The van der Waals surface area contributed by atoms with Crippen LogP contribution in [0.25, 0.3) is 0 Å². The molecule has 0 unspecified atom stereocenters. The minimum Gasteiger partial charge on any atom is -0.325 e. The monoisotopic (exact) mass is 482 g/mol. The number of para-hydroxylation sites is 2. The molecule has 3 aromatic rings. The van der Waals surface area contributed by atoms with Gasteiger partial charge in [0.2, 0.25) is 5.91 Å². The van der Waals surface area contributed by atoms with Crippen molar-refractivity contribution in [2.45, 2.75) is 38.5 Å². The van der Waals surface area contributed by atoms with Crippen LogP contribution in [0.5, 0.6) is 0 Å². The molecule has 0 fully saturated rings. The summed E-state index contributed by atoms with van der Waals surface area (Å²) in [5.74, 6) is 0.320. The second kappa shape index (κ2) is 9.50. The fourth-order valence-electron chi connectivity index (χ4n) is 4.35. The third kappa shape index (κ3) is 4.28. The number of aryl methyl sites for hydroxylation is 2. The lowest BCUT2D eigenvalue weighted by Gasteiger charge is -2.27. The highest BCUT2D eigenvalue weighted by Crippen LogP contribution is 2.39. The van der Waals surface area contributed by atoms with Gasteiger partial charge in [-0.3, -0.25) is 9.59 Å². The zero-order valence-corrected chi connectivity index (χ0v) is 20.7. The highest BCUT2D eigenvalue weighted by Gasteiger charge is 2.43. The van der Waals surface area contributed by atoms with Gasteiger partial charge in [0.15, 0.2) is 11.2 Å². The Labute approximate surface area is 209 Å². The first kappa shape index (κ1) is 23.1. The number of hydrogen-bond donors (Lipinski definition) is 1. The lowest BCUT2D eigenvalue weighted by molar-refractivity contribution is -0.124. The molecule has 1 N–H and O–H groups in total. The van der Waals surface area contributed by atoms with Crippen LogP contribution in [0.2, 0.25) is 0 Å². The molecule has 6 nitrogen and oxygen atoms in total. The normalized spacial score (nSPS) is 17.3. The summed E-state index contributed by atoms with van der Waals surface area (Å²) < 4.78 is 0. The van der Waals surface area contributed by atoms with Crippen LogP contribution in [0.3, 0.4) is 0 Å². The SMILES string of the molecule is CC[C@@H](SC1=Nc2ccccc2C2=N[C@H](c3ccccc3)C(=O)N12)C(=O)Nc1c(C)cccc1C. The van der Waals surface area contributed by atoms with E-state index in [1.807, 2.05) is 93.6 Å². The second-order valence-electron chi connectivity index (χ2n) is 8.62. The number of amides is 2. The summed E-state index contributed by atoms with van der Waals surface area (Å²) >= 11 is 1.31. The lowest BCUT2D eigenvalue weighted by atomic mass is 10.1. The van der Waals surface area contributed by atoms with Gasteiger partial charge < -0.3 is 5.32 Å². The van der Waals surface area contributed by atoms with Crippen LogP contribution in [0.1, 0.15) is 41.6 Å². The zero-order valence-electron chi connectivity index (χ0n) is 19.9. The molecule has 2 aliphatic heterocycles. The Hall–Kier alpha value is -3.71. The summed E-state index contributed by atoms with van der Waals surface area (Å²) in [6.07, 6.45) is 0.582. The summed E-state index contributed by atoms with van der Waals surface area (Å²) in [5.41, 5.74) is 5.25. The van der Waals surface area contributed by atoms with Crippen molar-refractivity contribution in [1.82, 2.24) is 4.90 Å². The van der Waals surface area contributed by atoms with Crippen molar-refractivity contribution in [1.29, 1.82) is 0 Å². The molecule has 35 heavy (non-hydrogen) atoms. The van der Waals surface area contributed by atoms with E-state index in [0.717, 1.165) is 33.6 Å². The minimum atomic E-state index is -0.633. The molecule has 2 atom stereocenters. The van der Waals surface area contributed by atoms with Crippen LogP contribution in [-0.2, 0) is 9.59 Å². The molecular formula is C28H26N4O2S. The van der Waals surface area contributed by atoms with Gasteiger partial charge in [-0.15, -0.1) is 0 Å². The fourth-order valence-corrected chi connectivity index (χ4v) is 5.37. The first-order valence-electron chi connectivity index (χ1n) is 11.7. The molecule has 2 amide bonds. The van der Waals surface area contributed by atoms with E-state index in [1.165, 1.54) is 11.8 Å². The van der Waals surface area contributed by atoms with Gasteiger partial charge in [-0.1, -0.05) is 79.3 Å². The smallest absolute Gasteiger partial charge is 0.263 e. The number of thioether (sulfide) groups is 1. The van der Waals surface area contributed by atoms with Crippen LogP contribution in [0.15, 0.2) is 82.8 Å². The second-order valence-corrected chi connectivity index (χ2v) is 9.79. The van der Waals surface area contributed by atoms with Gasteiger partial charge in [-0.2, -0.15) is 0 Å². The number of nitrogens with one attached hydrogen (secondary N) is 1. The van der Waals surface area contributed by atoms with Crippen molar-refractivity contribution in [3.05, 3.63) is 95.1 Å². The topological polar surface area (TPSA) is 74.1 Å². The summed E-state index contributed by atoms with van der Waals surface area (Å²) in [6.45, 7) is 5.93. The Morgan fingerprint density at radius 1 is 1.00 bits per heavy atom. The van der Waals surface area contributed by atoms with Crippen molar-refractivity contribution in [3.63, 3.8) is 0 Å². The van der Waals surface area contributed by atoms with E-state index in [1.54, 1.807) is 4.90 Å². The molecule has 176 valence electrons. The van der Waals surface area contributed by atoms with E-state index < -0.39 is 11.3 Å². The van der Waals surface area contributed by atoms with E-state index in [0.29, 0.717) is 17.4 Å². The predicted octanol–water partition coefficient (Wildman–Crippen LogP) is 5.79. The molecule has 0 spiro atoms. The number of fused-ring (bicyclic) bond motifs is 3. The third-order valence-electron chi connectivity index (χ3n) is 6.23. The first-order chi connectivity index (χ1) is 17.0. The molecule has 0 aliphatic carbocycles. The number of amidine groups is 2. The number of rotatable bonds is 5. The van der Waals surface area contributed by atoms with E-state index in [9.17, 15) is 9.59 Å². The number of aliphatic imine (C=N–C) groups is 2. The van der Waals surface area contributed by atoms with Crippen LogP contribution in [-0.4, -0.2) is 33.0 Å². The number of anilines is 1. The van der Waals surface area contributed by atoms with E-state index in [4.69, 9.17) is 9.98 Å². The molecule has 2 aliphatic rings. The van der Waals surface area contributed by atoms with Crippen LogP contribution < -0.4 is 5.32 Å². The summed E-state index contributed by atoms with van der Waals surface area (Å²) in [5, 5.41) is 3.15. The number of carbonyl (C=O) groups is 2. The number of benzene rings is 3. The molecule has 2 heterocycles. The van der Waals surface area contributed by atoms with E-state index in [2.05, 4.69) is 5.32 Å². The Morgan fingerprint density at radius 3 is 2.40 bits per heavy atom. The highest BCUT2D eigenvalue weighted by atomic mass is 32.2. The fraction of sp³-hybridized carbons (Fsp3) is 0.214. The predicted molar refractivity (Wildman–Crippen MR) is 142 cm³/mol. The number of carbonyl (C=O) groups excluding carboxylic acids is 2. The van der Waals surface area contributed by atoms with Gasteiger partial charge in [0, 0.05) is 11.3 Å².